The summed E-state index contributed by atoms with van der Waals surface area (Å²) in [4.78, 5) is 51.9. The molecule has 9 atom stereocenters. The number of anilines is 2. The van der Waals surface area contributed by atoms with Crippen LogP contribution in [0.2, 0.25) is 5.15 Å². The molecule has 3 amide bonds. The minimum Gasteiger partial charge on any atom is -0.444 e. The number of hydrogen-bond donors (Lipinski definition) is 16. The predicted molar refractivity (Wildman–Crippen MR) is 272 cm³/mol. The Morgan fingerprint density at radius 3 is 1.73 bits per heavy atom. The van der Waals surface area contributed by atoms with E-state index in [1.165, 1.54) is 4.90 Å². The summed E-state index contributed by atoms with van der Waals surface area (Å²) in [5.41, 5.74) is 20.3. The zero-order valence-corrected chi connectivity index (χ0v) is 42.2. The number of benzene rings is 2. The summed E-state index contributed by atoms with van der Waals surface area (Å²) < 4.78 is 5.39. The fraction of sp³-hybridized carbons (Fsp3) is 0.583. The topological polar surface area (TPSA) is 418 Å². The molecule has 0 aliphatic rings. The first-order valence-corrected chi connectivity index (χ1v) is 24.4. The summed E-state index contributed by atoms with van der Waals surface area (Å²) >= 11 is 5.84. The van der Waals surface area contributed by atoms with Crippen LogP contribution >= 0.6 is 11.6 Å². The molecule has 0 aliphatic heterocycles. The third-order valence-corrected chi connectivity index (χ3v) is 11.7. The Bertz CT molecular complexity index is 2160. The number of nitrogen functional groups attached to an aromatic ring is 2. The highest BCUT2D eigenvalue weighted by Gasteiger charge is 2.34. The summed E-state index contributed by atoms with van der Waals surface area (Å²) in [6.07, 6.45) is -11.4. The van der Waals surface area contributed by atoms with E-state index in [0.717, 1.165) is 41.5 Å². The smallest absolute Gasteiger partial charge is 0.408 e. The quantitative estimate of drug-likeness (QED) is 0.0201. The molecular formula is C48H75ClN10O14. The van der Waals surface area contributed by atoms with Gasteiger partial charge >= 0.3 is 6.09 Å². The van der Waals surface area contributed by atoms with E-state index in [0.29, 0.717) is 19.4 Å². The van der Waals surface area contributed by atoms with Crippen LogP contribution in [0.5, 0.6) is 0 Å². The second kappa shape index (κ2) is 30.8. The Labute approximate surface area is 429 Å². The van der Waals surface area contributed by atoms with E-state index in [-0.39, 0.29) is 60.8 Å². The number of ether oxygens (including phenoxy) is 1. The number of hydrogen-bond acceptors (Lipinski definition) is 20. The van der Waals surface area contributed by atoms with E-state index in [9.17, 15) is 55.2 Å². The summed E-state index contributed by atoms with van der Waals surface area (Å²) in [5.74, 6) is -1.55. The summed E-state index contributed by atoms with van der Waals surface area (Å²) in [6.45, 7) is 3.02. The second-order valence-corrected chi connectivity index (χ2v) is 19.0. The number of carbonyl (C=O) groups excluding carboxylic acids is 3. The van der Waals surface area contributed by atoms with Crippen molar-refractivity contribution in [2.24, 2.45) is 10.7 Å². The molecule has 0 saturated heterocycles. The monoisotopic (exact) mass is 1050 g/mol. The number of nitrogens with one attached hydrogen (secondary N) is 3. The average molecular weight is 1050 g/mol. The Kier molecular flexibility index (Phi) is 26.1. The zero-order valence-electron chi connectivity index (χ0n) is 41.4. The lowest BCUT2D eigenvalue weighted by Crippen LogP contribution is -2.53. The number of guanidine groups is 1. The van der Waals surface area contributed by atoms with Crippen LogP contribution in [0.25, 0.3) is 11.1 Å². The number of halogens is 1. The highest BCUT2D eigenvalue weighted by molar-refractivity contribution is 6.31. The van der Waals surface area contributed by atoms with Crippen LogP contribution in [0.15, 0.2) is 53.5 Å². The predicted octanol–water partition coefficient (Wildman–Crippen LogP) is -1.68. The molecule has 0 bridgehead atoms. The van der Waals surface area contributed by atoms with Crippen molar-refractivity contribution in [2.75, 3.05) is 57.4 Å². The number of carbonyl (C=O) groups is 3. The number of aryl methyl sites for hydroxylation is 2. The summed E-state index contributed by atoms with van der Waals surface area (Å²) in [6, 6.07) is 15.3. The van der Waals surface area contributed by atoms with Crippen molar-refractivity contribution in [1.29, 1.82) is 0 Å². The molecule has 3 aromatic rings. The average Bonchev–Trinajstić information content (AvgIpc) is 3.35. The van der Waals surface area contributed by atoms with Gasteiger partial charge in [-0.1, -0.05) is 60.1 Å². The van der Waals surface area contributed by atoms with Gasteiger partial charge in [0, 0.05) is 26.2 Å². The van der Waals surface area contributed by atoms with Crippen LogP contribution < -0.4 is 33.2 Å². The number of unbranched alkanes of at least 4 members (excludes halogenated alkanes) is 2. The van der Waals surface area contributed by atoms with Crippen molar-refractivity contribution in [3.05, 3.63) is 70.5 Å². The van der Waals surface area contributed by atoms with Crippen LogP contribution in [-0.2, 0) is 22.4 Å². The van der Waals surface area contributed by atoms with Crippen LogP contribution in [0.4, 0.5) is 16.4 Å². The first-order valence-electron chi connectivity index (χ1n) is 24.0. The zero-order chi connectivity index (χ0) is 54.4. The van der Waals surface area contributed by atoms with E-state index in [2.05, 4.69) is 55.2 Å². The molecule has 0 aliphatic carbocycles. The van der Waals surface area contributed by atoms with Gasteiger partial charge in [0.05, 0.1) is 25.4 Å². The number of aliphatic hydroxyl groups excluding tert-OH is 10. The van der Waals surface area contributed by atoms with Crippen LogP contribution in [-0.4, -0.2) is 196 Å². The maximum absolute atomic E-state index is 13.5. The van der Waals surface area contributed by atoms with Gasteiger partial charge in [-0.3, -0.25) is 24.8 Å². The molecule has 73 heavy (non-hydrogen) atoms. The van der Waals surface area contributed by atoms with Crippen LogP contribution in [0, 0.1) is 0 Å². The molecule has 24 nitrogen and oxygen atoms in total. The number of nitrogens with two attached hydrogens (primary N) is 3. The van der Waals surface area contributed by atoms with E-state index in [1.807, 2.05) is 24.3 Å². The molecule has 2 aromatic carbocycles. The minimum atomic E-state index is -1.94. The Morgan fingerprint density at radius 1 is 0.712 bits per heavy atom. The van der Waals surface area contributed by atoms with Crippen molar-refractivity contribution in [2.45, 2.75) is 133 Å². The highest BCUT2D eigenvalue weighted by atomic mass is 35.5. The number of aliphatic imine (C=N–C) groups is 1. The van der Waals surface area contributed by atoms with Gasteiger partial charge in [0.15, 0.2) is 28.4 Å². The van der Waals surface area contributed by atoms with Gasteiger partial charge < -0.3 is 83.6 Å². The van der Waals surface area contributed by atoms with Gasteiger partial charge in [-0.25, -0.2) is 14.8 Å². The molecule has 408 valence electrons. The third-order valence-electron chi connectivity index (χ3n) is 11.5. The molecule has 19 N–H and O–H groups in total. The standard InChI is InChI=1S/C48H75ClN10O14/c1-48(2,3)73-47(72)55-31(11-5-7-22-59(23-32(62)37(66)39(68)34(64)25-60)24-33(63)38(67)40(69)35(65)26-61)44(70)53-21-8-10-28-14-18-30(19-15-28)29-16-12-27(13-17-29)9-4-6-20-54-46(52)58-45(71)36-42(50)57-43(51)41(49)56-36/h12-19,31-35,37-40,60-69H,4-11,20-26H2,1-3H3,(H,53,70)(H,55,72)(H4,50,51,57)(H3,52,54,58,71)/t31-,32-,33-,34+,35+,37+,38+,39+,40+/m0/s1. The van der Waals surface area contributed by atoms with Gasteiger partial charge in [0.2, 0.25) is 5.91 Å². The highest BCUT2D eigenvalue weighted by Crippen LogP contribution is 2.22. The molecule has 0 spiro atoms. The van der Waals surface area contributed by atoms with Crippen LogP contribution in [0.1, 0.15) is 80.9 Å². The van der Waals surface area contributed by atoms with Crippen molar-refractivity contribution in [3.8, 4) is 11.1 Å². The van der Waals surface area contributed by atoms with Gasteiger partial charge in [-0.05, 0) is 101 Å². The first-order chi connectivity index (χ1) is 34.4. The van der Waals surface area contributed by atoms with E-state index >= 15 is 0 Å². The Morgan fingerprint density at radius 2 is 1.22 bits per heavy atom. The Balaban J connectivity index is 1.51. The number of rotatable bonds is 30. The number of amides is 3. The fourth-order valence-electron chi connectivity index (χ4n) is 7.35. The molecule has 0 fully saturated rings. The summed E-state index contributed by atoms with van der Waals surface area (Å²) in [7, 11) is 0. The Hall–Kier alpha value is -5.35. The van der Waals surface area contributed by atoms with E-state index < -0.39 is 105 Å². The number of alkyl carbamates (subject to hydrolysis) is 1. The molecule has 1 heterocycles. The minimum absolute atomic E-state index is 0.0357. The van der Waals surface area contributed by atoms with Gasteiger partial charge in [0.25, 0.3) is 5.91 Å². The van der Waals surface area contributed by atoms with Gasteiger partial charge in [-0.2, -0.15) is 0 Å². The lowest BCUT2D eigenvalue weighted by Gasteiger charge is -2.33. The molecule has 3 rings (SSSR count). The fourth-order valence-corrected chi connectivity index (χ4v) is 7.48. The maximum Gasteiger partial charge on any atom is 0.408 e. The third kappa shape index (κ3) is 21.6. The molecule has 1 aromatic heterocycles. The number of aliphatic hydroxyl groups is 10. The second-order valence-electron chi connectivity index (χ2n) is 18.7. The lowest BCUT2D eigenvalue weighted by molar-refractivity contribution is -0.130. The lowest BCUT2D eigenvalue weighted by atomic mass is 9.99. The molecule has 25 heteroatoms. The van der Waals surface area contributed by atoms with Crippen LogP contribution in [0.3, 0.4) is 0 Å². The maximum atomic E-state index is 13.5. The molecule has 0 radical (unpaired) electrons. The van der Waals surface area contributed by atoms with Crippen molar-refractivity contribution < 1.29 is 70.2 Å². The van der Waals surface area contributed by atoms with E-state index in [4.69, 9.17) is 43.8 Å². The summed E-state index contributed by atoms with van der Waals surface area (Å²) in [5, 5.41) is 108. The normalized spacial score (nSPS) is 15.8. The largest absolute Gasteiger partial charge is 0.444 e. The number of nitrogens with zero attached hydrogens (tertiary/aromatic N) is 4. The van der Waals surface area contributed by atoms with Crippen molar-refractivity contribution >= 4 is 47.1 Å². The SMILES string of the molecule is CC(C)(C)OC(=O)N[C@@H](CCCCN(C[C@H](O)[C@@H](O)[C@H](O)[C@H](O)CO)C[C@H](O)[C@@H](O)[C@H](O)[C@H](O)CO)C(=O)NCCCc1ccc(-c2ccc(CCCCN=C(N)NC(=O)c3nc(Cl)c(N)nc3N)cc2)cc1. The van der Waals surface area contributed by atoms with Gasteiger partial charge in [-0.15, -0.1) is 0 Å². The first kappa shape index (κ1) is 61.9. The van der Waals surface area contributed by atoms with Crippen molar-refractivity contribution in [1.82, 2.24) is 30.8 Å². The van der Waals surface area contributed by atoms with Gasteiger partial charge in [0.1, 0.15) is 48.3 Å². The molecule has 0 saturated carbocycles. The molecular weight excluding hydrogens is 976 g/mol. The van der Waals surface area contributed by atoms with Crippen molar-refractivity contribution in [3.63, 3.8) is 0 Å². The van der Waals surface area contributed by atoms with E-state index in [1.54, 1.807) is 20.8 Å². The number of aromatic nitrogens is 2. The molecule has 0 unspecified atom stereocenters.